The van der Waals surface area contributed by atoms with Crippen LogP contribution in [0.5, 0.6) is 0 Å². The molecule has 0 saturated carbocycles. The maximum atomic E-state index is 10.5. The molecule has 0 spiro atoms. The molecule has 4 nitrogen and oxygen atoms in total. The highest BCUT2D eigenvalue weighted by Gasteiger charge is 2.06. The van der Waals surface area contributed by atoms with Crippen molar-refractivity contribution in [1.29, 1.82) is 0 Å². The first-order valence-electron chi connectivity index (χ1n) is 4.99. The molecule has 0 aliphatic heterocycles. The molecule has 19 heavy (non-hydrogen) atoms. The number of rotatable bonds is 1. The van der Waals surface area contributed by atoms with Crippen LogP contribution in [0, 0.1) is 6.92 Å². The number of nitrogens with zero attached hydrogens (tertiary/aromatic N) is 1. The molecule has 0 bridgehead atoms. The molecular formula is C12H13Cl2NO3S. The molecule has 0 saturated heterocycles. The van der Waals surface area contributed by atoms with E-state index in [-0.39, 0.29) is 17.3 Å². The lowest BCUT2D eigenvalue weighted by Crippen LogP contribution is -1.96. The smallest absolute Gasteiger partial charge is 0.282 e. The summed E-state index contributed by atoms with van der Waals surface area (Å²) in [6, 6.07) is 9.46. The number of aryl methyl sites for hydroxylation is 1. The van der Waals surface area contributed by atoms with Gasteiger partial charge >= 0.3 is 0 Å². The van der Waals surface area contributed by atoms with E-state index in [0.717, 1.165) is 10.6 Å². The van der Waals surface area contributed by atoms with Gasteiger partial charge in [-0.2, -0.15) is 8.42 Å². The fraction of sp³-hybridized carbons (Fsp3) is 0.0833. The maximum absolute atomic E-state index is 10.5. The number of hydrogen-bond donors (Lipinski definition) is 1. The van der Waals surface area contributed by atoms with Gasteiger partial charge < -0.3 is 0 Å². The molecule has 0 atom stereocenters. The second-order valence-corrected chi connectivity index (χ2v) is 5.31. The van der Waals surface area contributed by atoms with E-state index in [1.165, 1.54) is 12.1 Å². The molecule has 0 radical (unpaired) electrons. The van der Waals surface area contributed by atoms with Crippen LogP contribution in [0.15, 0.2) is 53.7 Å². The highest BCUT2D eigenvalue weighted by atomic mass is 35.5. The van der Waals surface area contributed by atoms with Gasteiger partial charge in [-0.15, -0.1) is 12.4 Å². The summed E-state index contributed by atoms with van der Waals surface area (Å²) in [5.74, 6) is 0. The van der Waals surface area contributed by atoms with Gasteiger partial charge in [0.1, 0.15) is 0 Å². The molecule has 1 aromatic heterocycles. The fourth-order valence-electron chi connectivity index (χ4n) is 1.04. The van der Waals surface area contributed by atoms with Gasteiger partial charge in [0.2, 0.25) is 0 Å². The second-order valence-electron chi connectivity index (χ2n) is 3.45. The second kappa shape index (κ2) is 8.12. The summed E-state index contributed by atoms with van der Waals surface area (Å²) in [6.07, 6.45) is 3.31. The van der Waals surface area contributed by atoms with E-state index < -0.39 is 10.1 Å². The first-order valence-corrected chi connectivity index (χ1v) is 6.81. The zero-order valence-corrected chi connectivity index (χ0v) is 12.4. The predicted molar refractivity (Wildman–Crippen MR) is 77.5 cm³/mol. The Bertz CT molecular complexity index is 586. The quantitative estimate of drug-likeness (QED) is 0.817. The molecule has 0 aliphatic carbocycles. The van der Waals surface area contributed by atoms with E-state index in [4.69, 9.17) is 16.2 Å². The molecule has 0 aliphatic rings. The lowest BCUT2D eigenvalue weighted by Gasteiger charge is -1.95. The van der Waals surface area contributed by atoms with Gasteiger partial charge in [0.15, 0.2) is 0 Å². The number of pyridine rings is 1. The van der Waals surface area contributed by atoms with Crippen LogP contribution < -0.4 is 0 Å². The number of benzene rings is 1. The van der Waals surface area contributed by atoms with Crippen molar-refractivity contribution in [2.45, 2.75) is 11.8 Å². The molecule has 1 aromatic carbocycles. The van der Waals surface area contributed by atoms with Crippen molar-refractivity contribution in [3.8, 4) is 0 Å². The van der Waals surface area contributed by atoms with Crippen molar-refractivity contribution in [3.63, 3.8) is 0 Å². The van der Waals surface area contributed by atoms with Crippen LogP contribution in [0.2, 0.25) is 5.02 Å². The lowest BCUT2D eigenvalue weighted by atomic mass is 10.2. The third kappa shape index (κ3) is 7.12. The van der Waals surface area contributed by atoms with Gasteiger partial charge in [-0.1, -0.05) is 29.3 Å². The third-order valence-corrected chi connectivity index (χ3v) is 3.08. The van der Waals surface area contributed by atoms with Crippen molar-refractivity contribution in [1.82, 2.24) is 4.98 Å². The van der Waals surface area contributed by atoms with Gasteiger partial charge in [-0.05, 0) is 31.2 Å². The average molecular weight is 322 g/mol. The first-order chi connectivity index (χ1) is 8.39. The van der Waals surface area contributed by atoms with E-state index >= 15 is 0 Å². The summed E-state index contributed by atoms with van der Waals surface area (Å²) in [5, 5.41) is 0.731. The monoisotopic (exact) mass is 321 g/mol. The fourth-order valence-corrected chi connectivity index (χ4v) is 1.64. The predicted octanol–water partition coefficient (Wildman–Crippen LogP) is 3.40. The van der Waals surface area contributed by atoms with Crippen molar-refractivity contribution in [3.05, 3.63) is 59.4 Å². The highest BCUT2D eigenvalue weighted by Crippen LogP contribution is 2.08. The van der Waals surface area contributed by atoms with Crippen molar-refractivity contribution >= 4 is 34.1 Å². The molecule has 0 unspecified atom stereocenters. The van der Waals surface area contributed by atoms with Crippen LogP contribution >= 0.6 is 24.0 Å². The lowest BCUT2D eigenvalue weighted by molar-refractivity contribution is 0.483. The molecule has 2 rings (SSSR count). The van der Waals surface area contributed by atoms with Gasteiger partial charge in [0, 0.05) is 17.4 Å². The molecular weight excluding hydrogens is 309 g/mol. The topological polar surface area (TPSA) is 67.3 Å². The Morgan fingerprint density at radius 2 is 1.53 bits per heavy atom. The molecule has 7 heteroatoms. The van der Waals surface area contributed by atoms with Crippen LogP contribution in [-0.4, -0.2) is 18.0 Å². The Kier molecular flexibility index (Phi) is 7.63. The van der Waals surface area contributed by atoms with Crippen molar-refractivity contribution in [2.75, 3.05) is 0 Å². The number of hydrogen-bond acceptors (Lipinski definition) is 3. The van der Waals surface area contributed by atoms with Gasteiger partial charge in [0.05, 0.1) is 4.90 Å². The molecule has 2 aromatic rings. The summed E-state index contributed by atoms with van der Waals surface area (Å²) in [6.45, 7) is 1.84. The zero-order valence-electron chi connectivity index (χ0n) is 10.0. The summed E-state index contributed by atoms with van der Waals surface area (Å²) < 4.78 is 29.6. The van der Waals surface area contributed by atoms with Crippen LogP contribution in [0.4, 0.5) is 0 Å². The van der Waals surface area contributed by atoms with E-state index in [0.29, 0.717) is 0 Å². The van der Waals surface area contributed by atoms with Crippen LogP contribution in [-0.2, 0) is 10.1 Å². The summed E-state index contributed by atoms with van der Waals surface area (Å²) >= 11 is 5.50. The van der Waals surface area contributed by atoms with E-state index in [9.17, 15) is 8.42 Å². The molecule has 0 amide bonds. The largest absolute Gasteiger partial charge is 0.294 e. The molecule has 0 fully saturated rings. The van der Waals surface area contributed by atoms with E-state index in [1.807, 2.05) is 6.92 Å². The van der Waals surface area contributed by atoms with Gasteiger partial charge in [0.25, 0.3) is 10.1 Å². The maximum Gasteiger partial charge on any atom is 0.294 e. The minimum absolute atomic E-state index is 0. The number of aromatic nitrogens is 1. The Balaban J connectivity index is 0.000000352. The average Bonchev–Trinajstić information content (AvgIpc) is 2.30. The zero-order chi connectivity index (χ0) is 13.6. The minimum Gasteiger partial charge on any atom is -0.282 e. The van der Waals surface area contributed by atoms with Gasteiger partial charge in [-0.25, -0.2) is 0 Å². The van der Waals surface area contributed by atoms with Crippen LogP contribution in [0.25, 0.3) is 0 Å². The van der Waals surface area contributed by atoms with Crippen LogP contribution in [0.3, 0.4) is 0 Å². The third-order valence-electron chi connectivity index (χ3n) is 1.96. The first kappa shape index (κ1) is 17.9. The van der Waals surface area contributed by atoms with Gasteiger partial charge in [-0.3, -0.25) is 9.54 Å². The summed E-state index contributed by atoms with van der Waals surface area (Å²) in [7, 11) is -4.02. The number of halogens is 2. The normalized spacial score (nSPS) is 9.84. The minimum atomic E-state index is -4.02. The van der Waals surface area contributed by atoms with Crippen molar-refractivity contribution < 1.29 is 13.0 Å². The molecule has 104 valence electrons. The van der Waals surface area contributed by atoms with E-state index in [1.54, 1.807) is 36.7 Å². The Morgan fingerprint density at radius 3 is 1.84 bits per heavy atom. The summed E-state index contributed by atoms with van der Waals surface area (Å²) in [4.78, 5) is 3.69. The molecule has 1 N–H and O–H groups in total. The standard InChI is InChI=1S/C7H8O3S.C5H4ClN.ClH/c1-6-2-4-7(5-3-6)11(8,9)10;6-5-1-3-7-4-2-5;/h2-5H,1H3,(H,8,9,10);1-4H;1H. The Hall–Kier alpha value is -1.14. The highest BCUT2D eigenvalue weighted by molar-refractivity contribution is 7.85. The Labute approximate surface area is 123 Å². The van der Waals surface area contributed by atoms with E-state index in [2.05, 4.69) is 4.98 Å². The SMILES string of the molecule is Cc1ccc(S(=O)(=O)O)cc1.Cl.Clc1ccncc1. The summed E-state index contributed by atoms with van der Waals surface area (Å²) in [5.41, 5.74) is 0.956. The Morgan fingerprint density at radius 1 is 1.05 bits per heavy atom. The molecule has 1 heterocycles. The van der Waals surface area contributed by atoms with Crippen molar-refractivity contribution in [2.24, 2.45) is 0 Å². The van der Waals surface area contributed by atoms with Crippen LogP contribution in [0.1, 0.15) is 5.56 Å².